The molecule has 0 fully saturated rings. The fraction of sp³-hybridized carbons (Fsp3) is 0.292. The molecule has 0 saturated carbocycles. The van der Waals surface area contributed by atoms with Crippen LogP contribution in [0.5, 0.6) is 23.0 Å². The molecule has 0 atom stereocenters. The van der Waals surface area contributed by atoms with Gasteiger partial charge >= 0.3 is 11.6 Å². The third-order valence-corrected chi connectivity index (χ3v) is 4.87. The van der Waals surface area contributed by atoms with Crippen molar-refractivity contribution < 1.29 is 37.7 Å². The zero-order chi connectivity index (χ0) is 24.7. The fourth-order valence-corrected chi connectivity index (χ4v) is 3.19. The molecule has 1 N–H and O–H groups in total. The molecule has 1 heterocycles. The maximum atomic E-state index is 12.7. The van der Waals surface area contributed by atoms with E-state index >= 15 is 0 Å². The number of nitrogens with one attached hydrogen (secondary N) is 1. The number of benzene rings is 2. The Kier molecular flexibility index (Phi) is 8.10. The lowest BCUT2D eigenvalue weighted by molar-refractivity contribution is 0.0733. The molecule has 2 aromatic carbocycles. The van der Waals surface area contributed by atoms with Crippen LogP contribution in [0.15, 0.2) is 45.6 Å². The molecule has 10 heteroatoms. The van der Waals surface area contributed by atoms with Crippen molar-refractivity contribution in [2.45, 2.75) is 6.42 Å². The van der Waals surface area contributed by atoms with Crippen LogP contribution >= 0.6 is 0 Å². The Labute approximate surface area is 195 Å². The third-order valence-electron chi connectivity index (χ3n) is 4.87. The highest BCUT2D eigenvalue weighted by Crippen LogP contribution is 2.38. The Morgan fingerprint density at radius 3 is 2.26 bits per heavy atom. The normalized spacial score (nSPS) is 10.6. The van der Waals surface area contributed by atoms with Crippen molar-refractivity contribution in [1.29, 1.82) is 0 Å². The molecular weight excluding hydrogens is 446 g/mol. The summed E-state index contributed by atoms with van der Waals surface area (Å²) in [4.78, 5) is 37.3. The van der Waals surface area contributed by atoms with E-state index in [9.17, 15) is 14.4 Å². The van der Waals surface area contributed by atoms with Gasteiger partial charge in [0.25, 0.3) is 5.91 Å². The van der Waals surface area contributed by atoms with Gasteiger partial charge in [-0.3, -0.25) is 4.79 Å². The highest BCUT2D eigenvalue weighted by molar-refractivity contribution is 5.97. The van der Waals surface area contributed by atoms with E-state index in [-0.39, 0.29) is 22.5 Å². The summed E-state index contributed by atoms with van der Waals surface area (Å²) in [5.41, 5.74) is -0.593. The summed E-state index contributed by atoms with van der Waals surface area (Å²) < 4.78 is 31.4. The number of esters is 1. The van der Waals surface area contributed by atoms with Gasteiger partial charge in [0.05, 0.1) is 26.9 Å². The molecule has 3 aromatic rings. The van der Waals surface area contributed by atoms with Crippen LogP contribution in [0.2, 0.25) is 0 Å². The zero-order valence-electron chi connectivity index (χ0n) is 19.3. The first kappa shape index (κ1) is 24.6. The number of carbonyl (C=O) groups excluding carboxylic acids is 2. The second kappa shape index (κ2) is 11.2. The predicted octanol–water partition coefficient (Wildman–Crippen LogP) is 2.80. The number of hydrogen-bond donors (Lipinski definition) is 1. The first-order valence-electron chi connectivity index (χ1n) is 10.3. The van der Waals surface area contributed by atoms with Gasteiger partial charge in [0.15, 0.2) is 11.5 Å². The fourth-order valence-electron chi connectivity index (χ4n) is 3.19. The lowest BCUT2D eigenvalue weighted by Gasteiger charge is -2.13. The van der Waals surface area contributed by atoms with Crippen LogP contribution in [0, 0.1) is 0 Å². The Morgan fingerprint density at radius 2 is 1.65 bits per heavy atom. The summed E-state index contributed by atoms with van der Waals surface area (Å²) >= 11 is 0. The summed E-state index contributed by atoms with van der Waals surface area (Å²) in [6.07, 6.45) is 0.613. The Bertz CT molecular complexity index is 1220. The second-order valence-electron chi connectivity index (χ2n) is 7.05. The molecule has 1 aromatic heterocycles. The monoisotopic (exact) mass is 471 g/mol. The van der Waals surface area contributed by atoms with Crippen molar-refractivity contribution in [2.75, 3.05) is 41.6 Å². The van der Waals surface area contributed by atoms with Crippen molar-refractivity contribution in [3.05, 3.63) is 57.9 Å². The van der Waals surface area contributed by atoms with Crippen LogP contribution in [0.3, 0.4) is 0 Å². The van der Waals surface area contributed by atoms with E-state index in [1.807, 2.05) is 0 Å². The van der Waals surface area contributed by atoms with Gasteiger partial charge in [-0.1, -0.05) is 0 Å². The lowest BCUT2D eigenvalue weighted by atomic mass is 10.1. The molecule has 0 bridgehead atoms. The number of fused-ring (bicyclic) bond motifs is 1. The summed E-state index contributed by atoms with van der Waals surface area (Å²) in [5.74, 6) is -0.144. The van der Waals surface area contributed by atoms with Crippen LogP contribution in [0.1, 0.15) is 27.1 Å². The average molecular weight is 471 g/mol. The number of hydrogen-bond acceptors (Lipinski definition) is 9. The largest absolute Gasteiger partial charge is 0.493 e. The van der Waals surface area contributed by atoms with Crippen molar-refractivity contribution in [2.24, 2.45) is 0 Å². The van der Waals surface area contributed by atoms with Crippen LogP contribution < -0.4 is 29.9 Å². The van der Waals surface area contributed by atoms with Gasteiger partial charge in [0.2, 0.25) is 5.75 Å². The van der Waals surface area contributed by atoms with Crippen molar-refractivity contribution >= 4 is 22.8 Å². The Morgan fingerprint density at radius 1 is 0.941 bits per heavy atom. The van der Waals surface area contributed by atoms with Crippen LogP contribution in [-0.2, 0) is 4.74 Å². The predicted molar refractivity (Wildman–Crippen MR) is 122 cm³/mol. The molecule has 0 aliphatic heterocycles. The molecule has 0 radical (unpaired) electrons. The molecule has 10 nitrogen and oxygen atoms in total. The summed E-state index contributed by atoms with van der Waals surface area (Å²) in [7, 11) is 5.89. The molecule has 0 aliphatic carbocycles. The van der Waals surface area contributed by atoms with Gasteiger partial charge in [-0.25, -0.2) is 9.59 Å². The highest BCUT2D eigenvalue weighted by Gasteiger charge is 2.19. The molecule has 0 spiro atoms. The van der Waals surface area contributed by atoms with Crippen molar-refractivity contribution in [3.63, 3.8) is 0 Å². The van der Waals surface area contributed by atoms with E-state index in [0.29, 0.717) is 42.2 Å². The minimum Gasteiger partial charge on any atom is -0.493 e. The standard InChI is InChI=1S/C24H25NO9/c1-29-9-5-8-25-22(26)17-10-14-6-7-16(13-18(14)34-24(17)28)33-23(27)15-11-19(30-2)21(32-4)20(12-15)31-3/h6-7,10-13H,5,8-9H2,1-4H3,(H,25,26). The number of carbonyl (C=O) groups is 2. The first-order valence-corrected chi connectivity index (χ1v) is 10.3. The average Bonchev–Trinajstić information content (AvgIpc) is 2.84. The molecule has 0 aliphatic rings. The van der Waals surface area contributed by atoms with E-state index < -0.39 is 17.5 Å². The van der Waals surface area contributed by atoms with Crippen molar-refractivity contribution in [1.82, 2.24) is 5.32 Å². The SMILES string of the molecule is COCCCNC(=O)c1cc2ccc(OC(=O)c3cc(OC)c(OC)c(OC)c3)cc2oc1=O. The Balaban J connectivity index is 1.82. The van der Waals surface area contributed by atoms with E-state index in [4.69, 9.17) is 28.1 Å². The van der Waals surface area contributed by atoms with Gasteiger partial charge < -0.3 is 33.4 Å². The van der Waals surface area contributed by atoms with E-state index in [0.717, 1.165) is 0 Å². The van der Waals surface area contributed by atoms with Crippen LogP contribution in [0.4, 0.5) is 0 Å². The van der Waals surface area contributed by atoms with Crippen LogP contribution in [-0.4, -0.2) is 53.5 Å². The van der Waals surface area contributed by atoms with Crippen molar-refractivity contribution in [3.8, 4) is 23.0 Å². The number of ether oxygens (including phenoxy) is 5. The van der Waals surface area contributed by atoms with E-state index in [2.05, 4.69) is 5.32 Å². The minimum absolute atomic E-state index is 0.118. The Hall–Kier alpha value is -4.05. The maximum absolute atomic E-state index is 12.7. The van der Waals surface area contributed by atoms with Gasteiger partial charge in [0.1, 0.15) is 16.9 Å². The molecule has 0 saturated heterocycles. The van der Waals surface area contributed by atoms with Crippen LogP contribution in [0.25, 0.3) is 11.0 Å². The quantitative estimate of drug-likeness (QED) is 0.206. The molecule has 180 valence electrons. The highest BCUT2D eigenvalue weighted by atomic mass is 16.5. The number of rotatable bonds is 10. The molecular formula is C24H25NO9. The van der Waals surface area contributed by atoms with Gasteiger partial charge in [0, 0.05) is 31.7 Å². The van der Waals surface area contributed by atoms with E-state index in [1.54, 1.807) is 13.2 Å². The van der Waals surface area contributed by atoms with Gasteiger partial charge in [-0.2, -0.15) is 0 Å². The lowest BCUT2D eigenvalue weighted by Crippen LogP contribution is -2.29. The number of amides is 1. The first-order chi connectivity index (χ1) is 16.4. The summed E-state index contributed by atoms with van der Waals surface area (Å²) in [6.45, 7) is 0.851. The summed E-state index contributed by atoms with van der Waals surface area (Å²) in [5, 5.41) is 3.14. The van der Waals surface area contributed by atoms with Gasteiger partial charge in [-0.05, 0) is 36.8 Å². The topological polar surface area (TPSA) is 123 Å². The molecule has 3 rings (SSSR count). The molecule has 34 heavy (non-hydrogen) atoms. The maximum Gasteiger partial charge on any atom is 0.349 e. The minimum atomic E-state index is -0.801. The third kappa shape index (κ3) is 5.46. The second-order valence-corrected chi connectivity index (χ2v) is 7.05. The molecule has 1 amide bonds. The summed E-state index contributed by atoms with van der Waals surface area (Å²) in [6, 6.07) is 8.85. The smallest absolute Gasteiger partial charge is 0.349 e. The molecule has 0 unspecified atom stereocenters. The van der Waals surface area contributed by atoms with E-state index in [1.165, 1.54) is 51.7 Å². The zero-order valence-corrected chi connectivity index (χ0v) is 19.3. The van der Waals surface area contributed by atoms with Gasteiger partial charge in [-0.15, -0.1) is 0 Å². The number of methoxy groups -OCH3 is 4.